The molecule has 0 heterocycles. The quantitative estimate of drug-likeness (QED) is 0.244. The van der Waals surface area contributed by atoms with E-state index < -0.39 is 11.9 Å². The van der Waals surface area contributed by atoms with Crippen molar-refractivity contribution >= 4 is 24.0 Å². The standard InChI is InChI=1S/C12H20N4O6/c1-13-11(19)15-5-7-21-9(17)3-4-10(18)22-8-6-16-12(20)14-2/h3-4H,5-8H2,1-2H3,(H2,13,15,19)(H2,14,16,20)/b4-3+. The summed E-state index contributed by atoms with van der Waals surface area (Å²) in [5.74, 6) is -1.47. The summed E-state index contributed by atoms with van der Waals surface area (Å²) >= 11 is 0. The van der Waals surface area contributed by atoms with Gasteiger partial charge >= 0.3 is 24.0 Å². The summed E-state index contributed by atoms with van der Waals surface area (Å²) in [5, 5.41) is 9.50. The molecular weight excluding hydrogens is 296 g/mol. The summed E-state index contributed by atoms with van der Waals surface area (Å²) < 4.78 is 9.44. The average Bonchev–Trinajstić information content (AvgIpc) is 2.52. The first-order valence-corrected chi connectivity index (χ1v) is 6.42. The van der Waals surface area contributed by atoms with Crippen LogP contribution in [0.3, 0.4) is 0 Å². The highest BCUT2D eigenvalue weighted by Crippen LogP contribution is 1.85. The van der Waals surface area contributed by atoms with E-state index in [1.165, 1.54) is 14.1 Å². The summed E-state index contributed by atoms with van der Waals surface area (Å²) in [5.41, 5.74) is 0. The van der Waals surface area contributed by atoms with Crippen molar-refractivity contribution in [1.82, 2.24) is 21.3 Å². The van der Waals surface area contributed by atoms with E-state index in [4.69, 9.17) is 9.47 Å². The molecule has 10 heteroatoms. The number of carbonyl (C=O) groups excluding carboxylic acids is 4. The first kappa shape index (κ1) is 19.2. The monoisotopic (exact) mass is 316 g/mol. The number of nitrogens with one attached hydrogen (secondary N) is 4. The molecular formula is C12H20N4O6. The lowest BCUT2D eigenvalue weighted by Crippen LogP contribution is -2.35. The van der Waals surface area contributed by atoms with E-state index in [1.54, 1.807) is 0 Å². The molecule has 22 heavy (non-hydrogen) atoms. The Morgan fingerprint density at radius 1 is 0.773 bits per heavy atom. The van der Waals surface area contributed by atoms with Crippen molar-refractivity contribution in [3.63, 3.8) is 0 Å². The molecule has 0 radical (unpaired) electrons. The van der Waals surface area contributed by atoms with Gasteiger partial charge in [-0.2, -0.15) is 0 Å². The Morgan fingerprint density at radius 2 is 1.14 bits per heavy atom. The van der Waals surface area contributed by atoms with E-state index in [-0.39, 0.29) is 38.4 Å². The lowest BCUT2D eigenvalue weighted by molar-refractivity contribution is -0.140. The molecule has 0 rings (SSSR count). The molecule has 0 unspecified atom stereocenters. The first-order chi connectivity index (χ1) is 10.5. The van der Waals surface area contributed by atoms with Crippen LogP contribution in [-0.4, -0.2) is 64.4 Å². The van der Waals surface area contributed by atoms with Crippen LogP contribution < -0.4 is 21.3 Å². The SMILES string of the molecule is CNC(=O)NCCOC(=O)/C=C/C(=O)OCCNC(=O)NC. The van der Waals surface area contributed by atoms with E-state index in [0.717, 1.165) is 12.2 Å². The minimum atomic E-state index is -0.737. The van der Waals surface area contributed by atoms with Crippen LogP contribution in [0.2, 0.25) is 0 Å². The maximum atomic E-state index is 11.2. The first-order valence-electron chi connectivity index (χ1n) is 6.42. The van der Waals surface area contributed by atoms with Gasteiger partial charge < -0.3 is 30.7 Å². The van der Waals surface area contributed by atoms with E-state index in [9.17, 15) is 19.2 Å². The lowest BCUT2D eigenvalue weighted by atomic mass is 10.5. The second-order valence-corrected chi connectivity index (χ2v) is 3.68. The Kier molecular flexibility index (Phi) is 10.5. The van der Waals surface area contributed by atoms with Crippen LogP contribution in [0.25, 0.3) is 0 Å². The smallest absolute Gasteiger partial charge is 0.331 e. The van der Waals surface area contributed by atoms with Crippen LogP contribution in [-0.2, 0) is 19.1 Å². The third-order valence-electron chi connectivity index (χ3n) is 2.07. The van der Waals surface area contributed by atoms with Crippen molar-refractivity contribution in [3.8, 4) is 0 Å². The van der Waals surface area contributed by atoms with Gasteiger partial charge in [0.05, 0.1) is 13.1 Å². The summed E-state index contributed by atoms with van der Waals surface area (Å²) in [7, 11) is 2.92. The predicted octanol–water partition coefficient (Wildman–Crippen LogP) is -1.51. The molecule has 10 nitrogen and oxygen atoms in total. The Hall–Kier alpha value is -2.78. The van der Waals surface area contributed by atoms with Gasteiger partial charge in [0.2, 0.25) is 0 Å². The normalized spacial score (nSPS) is 9.73. The molecule has 0 aromatic heterocycles. The number of rotatable bonds is 8. The maximum Gasteiger partial charge on any atom is 0.331 e. The highest BCUT2D eigenvalue weighted by atomic mass is 16.5. The number of esters is 2. The molecule has 4 N–H and O–H groups in total. The van der Waals surface area contributed by atoms with E-state index in [2.05, 4.69) is 21.3 Å². The fourth-order valence-electron chi connectivity index (χ4n) is 1.04. The molecule has 0 aliphatic heterocycles. The molecule has 0 bridgehead atoms. The zero-order chi connectivity index (χ0) is 16.8. The highest BCUT2D eigenvalue weighted by molar-refractivity contribution is 5.91. The third kappa shape index (κ3) is 11.1. The zero-order valence-electron chi connectivity index (χ0n) is 12.4. The fourth-order valence-corrected chi connectivity index (χ4v) is 1.04. The van der Waals surface area contributed by atoms with Gasteiger partial charge in [-0.25, -0.2) is 19.2 Å². The molecule has 4 amide bonds. The summed E-state index contributed by atoms with van der Waals surface area (Å²) in [6.45, 7) is 0.243. The van der Waals surface area contributed by atoms with E-state index >= 15 is 0 Å². The zero-order valence-corrected chi connectivity index (χ0v) is 12.4. The van der Waals surface area contributed by atoms with Gasteiger partial charge in [-0.3, -0.25) is 0 Å². The number of amides is 4. The van der Waals surface area contributed by atoms with Crippen molar-refractivity contribution in [1.29, 1.82) is 0 Å². The molecule has 0 saturated carbocycles. The van der Waals surface area contributed by atoms with Gasteiger partial charge in [-0.15, -0.1) is 0 Å². The van der Waals surface area contributed by atoms with Gasteiger partial charge in [-0.05, 0) is 0 Å². The molecule has 0 aliphatic rings. The molecule has 124 valence electrons. The second-order valence-electron chi connectivity index (χ2n) is 3.68. The Bertz CT molecular complexity index is 386. The molecule has 0 aliphatic carbocycles. The lowest BCUT2D eigenvalue weighted by Gasteiger charge is -2.05. The Labute approximate surface area is 127 Å². The van der Waals surface area contributed by atoms with E-state index in [0.29, 0.717) is 0 Å². The predicted molar refractivity (Wildman–Crippen MR) is 76.0 cm³/mol. The van der Waals surface area contributed by atoms with Crippen LogP contribution in [0.15, 0.2) is 12.2 Å². The number of urea groups is 2. The van der Waals surface area contributed by atoms with Crippen LogP contribution in [0.1, 0.15) is 0 Å². The second kappa shape index (κ2) is 12.0. The maximum absolute atomic E-state index is 11.2. The summed E-state index contributed by atoms with van der Waals surface area (Å²) in [4.78, 5) is 44.0. The van der Waals surface area contributed by atoms with Crippen molar-refractivity contribution in [3.05, 3.63) is 12.2 Å². The van der Waals surface area contributed by atoms with Crippen molar-refractivity contribution < 1.29 is 28.7 Å². The van der Waals surface area contributed by atoms with Crippen molar-refractivity contribution in [2.24, 2.45) is 0 Å². The summed E-state index contributed by atoms with van der Waals surface area (Å²) in [6, 6.07) is -0.777. The Morgan fingerprint density at radius 3 is 1.45 bits per heavy atom. The average molecular weight is 316 g/mol. The molecule has 0 aromatic carbocycles. The number of hydrogen-bond donors (Lipinski definition) is 4. The largest absolute Gasteiger partial charge is 0.461 e. The molecule has 0 aromatic rings. The van der Waals surface area contributed by atoms with E-state index in [1.807, 2.05) is 0 Å². The van der Waals surface area contributed by atoms with Gasteiger partial charge in [0.1, 0.15) is 13.2 Å². The van der Waals surface area contributed by atoms with Gasteiger partial charge in [0.25, 0.3) is 0 Å². The number of ether oxygens (including phenoxy) is 2. The third-order valence-corrected chi connectivity index (χ3v) is 2.07. The summed E-state index contributed by atoms with van der Waals surface area (Å²) in [6.07, 6.45) is 1.82. The van der Waals surface area contributed by atoms with Crippen LogP contribution in [0.4, 0.5) is 9.59 Å². The van der Waals surface area contributed by atoms with Gasteiger partial charge in [-0.1, -0.05) is 0 Å². The number of hydrogen-bond acceptors (Lipinski definition) is 6. The highest BCUT2D eigenvalue weighted by Gasteiger charge is 2.02. The molecule has 0 fully saturated rings. The topological polar surface area (TPSA) is 135 Å². The fraction of sp³-hybridized carbons (Fsp3) is 0.500. The Balaban J connectivity index is 3.71. The van der Waals surface area contributed by atoms with Crippen molar-refractivity contribution in [2.45, 2.75) is 0 Å². The van der Waals surface area contributed by atoms with Crippen LogP contribution in [0, 0.1) is 0 Å². The molecule has 0 spiro atoms. The minimum absolute atomic E-state index is 0.0261. The van der Waals surface area contributed by atoms with Crippen LogP contribution in [0.5, 0.6) is 0 Å². The molecule has 0 saturated heterocycles. The molecule has 0 atom stereocenters. The van der Waals surface area contributed by atoms with Gasteiger partial charge in [0, 0.05) is 26.2 Å². The van der Waals surface area contributed by atoms with Crippen LogP contribution >= 0.6 is 0 Å². The number of carbonyl (C=O) groups is 4. The minimum Gasteiger partial charge on any atom is -0.461 e. The van der Waals surface area contributed by atoms with Gasteiger partial charge in [0.15, 0.2) is 0 Å². The van der Waals surface area contributed by atoms with Crippen molar-refractivity contribution in [2.75, 3.05) is 40.4 Å².